The van der Waals surface area contributed by atoms with Crippen LogP contribution in [0.1, 0.15) is 34.5 Å². The van der Waals surface area contributed by atoms with E-state index in [-0.39, 0.29) is 11.5 Å². The van der Waals surface area contributed by atoms with Crippen LogP contribution in [0.3, 0.4) is 0 Å². The molecule has 3 aromatic heterocycles. The van der Waals surface area contributed by atoms with E-state index in [1.165, 1.54) is 12.3 Å². The van der Waals surface area contributed by atoms with E-state index in [9.17, 15) is 27.5 Å². The Hall–Kier alpha value is -4.51. The topological polar surface area (TPSA) is 95.3 Å². The molecule has 1 atom stereocenters. The molecule has 1 unspecified atom stereocenters. The first-order chi connectivity index (χ1) is 17.6. The average Bonchev–Trinajstić information content (AvgIpc) is 3.52. The van der Waals surface area contributed by atoms with Gasteiger partial charge in [0, 0.05) is 23.5 Å². The molecule has 3 N–H and O–H groups in total. The van der Waals surface area contributed by atoms with Crippen LogP contribution in [0.2, 0.25) is 0 Å². The second kappa shape index (κ2) is 9.17. The molecule has 7 nitrogen and oxygen atoms in total. The van der Waals surface area contributed by atoms with Gasteiger partial charge in [0.15, 0.2) is 0 Å². The lowest BCUT2D eigenvalue weighted by Crippen LogP contribution is -2.18. The molecule has 2 aromatic carbocycles. The number of aliphatic hydroxyl groups is 1. The third kappa shape index (κ3) is 4.56. The van der Waals surface area contributed by atoms with Crippen LogP contribution in [0.25, 0.3) is 28.2 Å². The number of pyridine rings is 1. The Kier molecular flexibility index (Phi) is 6.00. The van der Waals surface area contributed by atoms with Gasteiger partial charge in [-0.15, -0.1) is 0 Å². The number of rotatable bonds is 5. The molecule has 0 fully saturated rings. The number of fused-ring (bicyclic) bond motifs is 1. The van der Waals surface area contributed by atoms with Crippen LogP contribution < -0.4 is 5.32 Å². The summed E-state index contributed by atoms with van der Waals surface area (Å²) in [7, 11) is 0. The summed E-state index contributed by atoms with van der Waals surface area (Å²) < 4.78 is 57.4. The number of hydrogen-bond donors (Lipinski definition) is 3. The summed E-state index contributed by atoms with van der Waals surface area (Å²) >= 11 is 0. The Balaban J connectivity index is 1.63. The summed E-state index contributed by atoms with van der Waals surface area (Å²) in [6.45, 7) is 1.60. The Bertz CT molecular complexity index is 1590. The van der Waals surface area contributed by atoms with Crippen LogP contribution in [0, 0.1) is 5.82 Å². The van der Waals surface area contributed by atoms with Gasteiger partial charge >= 0.3 is 6.18 Å². The molecule has 0 saturated carbocycles. The fourth-order valence-corrected chi connectivity index (χ4v) is 4.02. The number of nitrogens with zero attached hydrogens (tertiary/aromatic N) is 3. The lowest BCUT2D eigenvalue weighted by atomic mass is 9.99. The monoisotopic (exact) mass is 509 g/mol. The third-order valence-corrected chi connectivity index (χ3v) is 5.86. The van der Waals surface area contributed by atoms with Gasteiger partial charge in [0.25, 0.3) is 5.91 Å². The summed E-state index contributed by atoms with van der Waals surface area (Å²) in [5.74, 6) is -2.11. The van der Waals surface area contributed by atoms with Gasteiger partial charge in [0.05, 0.1) is 22.9 Å². The maximum absolute atomic E-state index is 14.9. The Morgan fingerprint density at radius 3 is 2.51 bits per heavy atom. The van der Waals surface area contributed by atoms with Crippen molar-refractivity contribution in [3.05, 3.63) is 95.6 Å². The number of alkyl halides is 3. The molecule has 3 heterocycles. The molecule has 5 aromatic rings. The number of aromatic nitrogens is 4. The van der Waals surface area contributed by atoms with E-state index in [2.05, 4.69) is 20.5 Å². The van der Waals surface area contributed by atoms with Gasteiger partial charge < -0.3 is 10.4 Å². The number of benzene rings is 2. The molecule has 0 bridgehead atoms. The molecular weight excluding hydrogens is 490 g/mol. The van der Waals surface area contributed by atoms with Crippen molar-refractivity contribution in [3.63, 3.8) is 0 Å². The number of hydrogen-bond acceptors (Lipinski definition) is 4. The van der Waals surface area contributed by atoms with Crippen molar-refractivity contribution in [2.45, 2.75) is 19.2 Å². The summed E-state index contributed by atoms with van der Waals surface area (Å²) in [5.41, 5.74) is -0.273. The summed E-state index contributed by atoms with van der Waals surface area (Å²) in [5, 5.41) is 18.7. The number of nitrogens with one attached hydrogen (secondary N) is 2. The highest BCUT2D eigenvalue weighted by Crippen LogP contribution is 2.38. The number of halogens is 4. The Morgan fingerprint density at radius 2 is 1.86 bits per heavy atom. The SMILES string of the molecule is CC(O)c1ccn2c(NC(=O)c3cc(-c4ccn[nH]4)c(C(F)(F)F)cc3F)c(-c3ccccc3)nc2c1. The lowest BCUT2D eigenvalue weighted by Gasteiger charge is -2.15. The maximum atomic E-state index is 14.9. The van der Waals surface area contributed by atoms with Crippen molar-refractivity contribution in [2.75, 3.05) is 5.32 Å². The number of amides is 1. The van der Waals surface area contributed by atoms with Crippen LogP contribution in [-0.4, -0.2) is 30.6 Å². The van der Waals surface area contributed by atoms with Crippen LogP contribution in [0.4, 0.5) is 23.4 Å². The van der Waals surface area contributed by atoms with Crippen LogP contribution in [0.5, 0.6) is 0 Å². The quantitative estimate of drug-likeness (QED) is 0.259. The smallest absolute Gasteiger partial charge is 0.389 e. The number of H-pyrrole nitrogens is 1. The number of aromatic amines is 1. The molecule has 0 radical (unpaired) electrons. The molecule has 0 saturated heterocycles. The van der Waals surface area contributed by atoms with Gasteiger partial charge in [0.1, 0.15) is 23.0 Å². The minimum atomic E-state index is -4.86. The third-order valence-electron chi connectivity index (χ3n) is 5.86. The number of carbonyl (C=O) groups excluding carboxylic acids is 1. The number of aliphatic hydroxyl groups excluding tert-OH is 1. The van der Waals surface area contributed by atoms with Crippen molar-refractivity contribution in [2.24, 2.45) is 0 Å². The lowest BCUT2D eigenvalue weighted by molar-refractivity contribution is -0.137. The molecule has 0 spiro atoms. The predicted octanol–water partition coefficient (Wildman–Crippen LogP) is 5.85. The van der Waals surface area contributed by atoms with E-state index in [1.54, 1.807) is 60.0 Å². The molecule has 0 aliphatic heterocycles. The van der Waals surface area contributed by atoms with E-state index in [1.807, 2.05) is 0 Å². The van der Waals surface area contributed by atoms with Crippen molar-refractivity contribution >= 4 is 17.4 Å². The maximum Gasteiger partial charge on any atom is 0.417 e. The minimum Gasteiger partial charge on any atom is -0.389 e. The van der Waals surface area contributed by atoms with Crippen LogP contribution in [0.15, 0.2) is 73.1 Å². The van der Waals surface area contributed by atoms with Crippen LogP contribution >= 0.6 is 0 Å². The molecule has 5 rings (SSSR count). The van der Waals surface area contributed by atoms with Gasteiger partial charge in [-0.2, -0.15) is 18.3 Å². The highest BCUT2D eigenvalue weighted by molar-refractivity contribution is 6.06. The zero-order chi connectivity index (χ0) is 26.3. The summed E-state index contributed by atoms with van der Waals surface area (Å²) in [6, 6.07) is 14.6. The standard InChI is InChI=1S/C26H19F4N5O2/c1-14(36)16-8-10-35-22(11-16)32-23(15-5-3-2-4-6-15)24(35)33-25(37)18-12-17(21-7-9-31-34-21)19(13-20(18)27)26(28,29)30/h2-14,36H,1H3,(H,31,34)(H,33,37). The van der Waals surface area contributed by atoms with E-state index in [0.29, 0.717) is 28.5 Å². The molecule has 37 heavy (non-hydrogen) atoms. The zero-order valence-electron chi connectivity index (χ0n) is 19.2. The Morgan fingerprint density at radius 1 is 1.11 bits per heavy atom. The van der Waals surface area contributed by atoms with Gasteiger partial charge in [0.2, 0.25) is 0 Å². The van der Waals surface area contributed by atoms with Gasteiger partial charge in [-0.05, 0) is 42.8 Å². The van der Waals surface area contributed by atoms with Gasteiger partial charge in [-0.3, -0.25) is 14.3 Å². The molecule has 0 aliphatic carbocycles. The fraction of sp³-hybridized carbons (Fsp3) is 0.115. The molecular formula is C26H19F4N5O2. The van der Waals surface area contributed by atoms with E-state index in [0.717, 1.165) is 6.07 Å². The van der Waals surface area contributed by atoms with E-state index in [4.69, 9.17) is 0 Å². The van der Waals surface area contributed by atoms with E-state index < -0.39 is 40.7 Å². The first-order valence-corrected chi connectivity index (χ1v) is 11.1. The zero-order valence-corrected chi connectivity index (χ0v) is 19.2. The van der Waals surface area contributed by atoms with Gasteiger partial charge in [-0.1, -0.05) is 30.3 Å². The van der Waals surface area contributed by atoms with Crippen molar-refractivity contribution < 1.29 is 27.5 Å². The molecule has 11 heteroatoms. The normalized spacial score (nSPS) is 12.6. The molecule has 1 amide bonds. The Labute approximate surface area is 207 Å². The number of carbonyl (C=O) groups is 1. The first-order valence-electron chi connectivity index (χ1n) is 11.1. The van der Waals surface area contributed by atoms with E-state index >= 15 is 0 Å². The first kappa shape index (κ1) is 24.2. The van der Waals surface area contributed by atoms with Crippen LogP contribution in [-0.2, 0) is 6.18 Å². The van der Waals surface area contributed by atoms with Crippen molar-refractivity contribution in [3.8, 4) is 22.5 Å². The highest BCUT2D eigenvalue weighted by Gasteiger charge is 2.36. The molecule has 0 aliphatic rings. The summed E-state index contributed by atoms with van der Waals surface area (Å²) in [6.07, 6.45) is -2.78. The predicted molar refractivity (Wildman–Crippen MR) is 128 cm³/mol. The van der Waals surface area contributed by atoms with Gasteiger partial charge in [-0.25, -0.2) is 9.37 Å². The minimum absolute atomic E-state index is 0.0215. The second-order valence-electron chi connectivity index (χ2n) is 8.34. The summed E-state index contributed by atoms with van der Waals surface area (Å²) in [4.78, 5) is 17.9. The highest BCUT2D eigenvalue weighted by atomic mass is 19.4. The second-order valence-corrected chi connectivity index (χ2v) is 8.34. The van der Waals surface area contributed by atoms with Crippen molar-refractivity contribution in [1.29, 1.82) is 0 Å². The molecule has 188 valence electrons. The fourth-order valence-electron chi connectivity index (χ4n) is 4.02. The average molecular weight is 509 g/mol. The largest absolute Gasteiger partial charge is 0.417 e. The number of imidazole rings is 1. The van der Waals surface area contributed by atoms with Crippen molar-refractivity contribution in [1.82, 2.24) is 19.6 Å². The number of anilines is 1.